The highest BCUT2D eigenvalue weighted by Gasteiger charge is 2.28. The van der Waals surface area contributed by atoms with Gasteiger partial charge >= 0.3 is 0 Å². The summed E-state index contributed by atoms with van der Waals surface area (Å²) in [6.07, 6.45) is 1.08. The Morgan fingerprint density at radius 2 is 2.08 bits per heavy atom. The first-order chi connectivity index (χ1) is 5.83. The van der Waals surface area contributed by atoms with E-state index in [0.29, 0.717) is 0 Å². The minimum Gasteiger partial charge on any atom is -0.370 e. The molecule has 0 aromatic carbocycles. The molecule has 1 aliphatic heterocycles. The van der Waals surface area contributed by atoms with E-state index >= 15 is 0 Å². The highest BCUT2D eigenvalue weighted by molar-refractivity contribution is 4.47. The van der Waals surface area contributed by atoms with Crippen molar-refractivity contribution in [2.24, 2.45) is 5.73 Å². The van der Waals surface area contributed by atoms with E-state index in [9.17, 15) is 0 Å². The fourth-order valence-electron chi connectivity index (χ4n) is 1.65. The Bertz CT molecular complexity index is 123. The van der Waals surface area contributed by atoms with Crippen LogP contribution in [0.2, 0.25) is 0 Å². The molecule has 1 heterocycles. The third-order valence-electron chi connectivity index (χ3n) is 2.59. The largest absolute Gasteiger partial charge is 0.370 e. The lowest BCUT2D eigenvalue weighted by atomic mass is 10.3. The highest BCUT2D eigenvalue weighted by Crippen LogP contribution is 2.07. The van der Waals surface area contributed by atoms with Crippen molar-refractivity contribution in [3.8, 4) is 0 Å². The van der Waals surface area contributed by atoms with Gasteiger partial charge in [-0.3, -0.25) is 0 Å². The first-order valence-electron chi connectivity index (χ1n) is 4.66. The van der Waals surface area contributed by atoms with Gasteiger partial charge in [0.2, 0.25) is 0 Å². The Morgan fingerprint density at radius 3 is 2.58 bits per heavy atom. The molecule has 0 saturated carbocycles. The minimum atomic E-state index is 0.780. The summed E-state index contributed by atoms with van der Waals surface area (Å²) in [6.45, 7) is 5.77. The lowest BCUT2D eigenvalue weighted by Crippen LogP contribution is -2.62. The van der Waals surface area contributed by atoms with Crippen molar-refractivity contribution < 1.29 is 9.33 Å². The number of nitrogens with two attached hydrogens (primary N) is 1. The fourth-order valence-corrected chi connectivity index (χ4v) is 1.65. The Kier molecular flexibility index (Phi) is 3.94. The molecule has 0 aliphatic carbocycles. The number of nitrogens with zero attached hydrogens (tertiary/aromatic N) is 1. The number of hydrogen-bond donors (Lipinski definition) is 2. The molecular formula is C8H20N3O+. The summed E-state index contributed by atoms with van der Waals surface area (Å²) in [7, 11) is 2.02. The maximum absolute atomic E-state index is 5.49. The van der Waals surface area contributed by atoms with Crippen LogP contribution in [0.4, 0.5) is 0 Å². The molecule has 4 heteroatoms. The van der Waals surface area contributed by atoms with Gasteiger partial charge in [0.05, 0.1) is 19.8 Å². The highest BCUT2D eigenvalue weighted by atomic mass is 16.5. The third-order valence-corrected chi connectivity index (χ3v) is 2.59. The van der Waals surface area contributed by atoms with E-state index in [-0.39, 0.29) is 0 Å². The van der Waals surface area contributed by atoms with Gasteiger partial charge in [-0.25, -0.2) is 4.59 Å². The molecule has 72 valence electrons. The standard InChI is InChI=1S/C8H20N3O/c1-10-11(4-2-3-9)5-7-12-8-6-11/h10H,2-9H2,1H3/q+1. The quantitative estimate of drug-likeness (QED) is 0.555. The van der Waals surface area contributed by atoms with Crippen LogP contribution in [-0.4, -0.2) is 51.0 Å². The van der Waals surface area contributed by atoms with E-state index in [2.05, 4.69) is 5.43 Å². The average Bonchev–Trinajstić information content (AvgIpc) is 2.16. The Morgan fingerprint density at radius 1 is 1.42 bits per heavy atom. The SMILES string of the molecule is CN[N+]1(CCCN)CCOCC1. The van der Waals surface area contributed by atoms with Crippen molar-refractivity contribution in [2.45, 2.75) is 6.42 Å². The van der Waals surface area contributed by atoms with Crippen LogP contribution in [0, 0.1) is 0 Å². The van der Waals surface area contributed by atoms with Gasteiger partial charge < -0.3 is 10.5 Å². The van der Waals surface area contributed by atoms with Crippen LogP contribution in [0.1, 0.15) is 6.42 Å². The second-order valence-electron chi connectivity index (χ2n) is 3.29. The molecule has 1 aliphatic rings. The van der Waals surface area contributed by atoms with E-state index < -0.39 is 0 Å². The fraction of sp³-hybridized carbons (Fsp3) is 1.00. The number of quaternary nitrogens is 1. The summed E-state index contributed by atoms with van der Waals surface area (Å²) < 4.78 is 6.29. The molecule has 4 nitrogen and oxygen atoms in total. The van der Waals surface area contributed by atoms with E-state index in [4.69, 9.17) is 10.5 Å². The molecule has 3 N–H and O–H groups in total. The third kappa shape index (κ3) is 2.42. The Balaban J connectivity index is 2.37. The smallest absolute Gasteiger partial charge is 0.120 e. The molecule has 0 spiro atoms. The van der Waals surface area contributed by atoms with E-state index in [1.54, 1.807) is 0 Å². The van der Waals surface area contributed by atoms with E-state index in [1.165, 1.54) is 0 Å². The minimum absolute atomic E-state index is 0.780. The van der Waals surface area contributed by atoms with Crippen molar-refractivity contribution in [1.29, 1.82) is 0 Å². The Hall–Kier alpha value is -0.160. The van der Waals surface area contributed by atoms with Gasteiger partial charge in [0, 0.05) is 13.5 Å². The van der Waals surface area contributed by atoms with Gasteiger partial charge in [0.15, 0.2) is 0 Å². The van der Waals surface area contributed by atoms with Gasteiger partial charge in [-0.1, -0.05) is 0 Å². The number of morpholine rings is 1. The van der Waals surface area contributed by atoms with Crippen molar-refractivity contribution in [3.05, 3.63) is 0 Å². The molecule has 0 aromatic heterocycles. The molecular weight excluding hydrogens is 154 g/mol. The zero-order chi connectivity index (χ0) is 8.86. The second kappa shape index (κ2) is 4.77. The van der Waals surface area contributed by atoms with Gasteiger partial charge in [0.25, 0.3) is 0 Å². The van der Waals surface area contributed by atoms with Gasteiger partial charge in [-0.2, -0.15) is 5.43 Å². The lowest BCUT2D eigenvalue weighted by Gasteiger charge is -2.39. The van der Waals surface area contributed by atoms with E-state index in [0.717, 1.165) is 50.4 Å². The summed E-state index contributed by atoms with van der Waals surface area (Å²) in [5.74, 6) is 0. The van der Waals surface area contributed by atoms with Crippen molar-refractivity contribution >= 4 is 0 Å². The van der Waals surface area contributed by atoms with Gasteiger partial charge in [-0.05, 0) is 6.54 Å². The summed E-state index contributed by atoms with van der Waals surface area (Å²) >= 11 is 0. The number of nitrogens with one attached hydrogen (secondary N) is 1. The van der Waals surface area contributed by atoms with Gasteiger partial charge in [-0.15, -0.1) is 0 Å². The molecule has 0 atom stereocenters. The summed E-state index contributed by atoms with van der Waals surface area (Å²) in [5.41, 5.74) is 8.84. The summed E-state index contributed by atoms with van der Waals surface area (Å²) in [6, 6.07) is 0. The molecule has 1 rings (SSSR count). The molecule has 0 amide bonds. The van der Waals surface area contributed by atoms with Crippen molar-refractivity contribution in [2.75, 3.05) is 46.4 Å². The first kappa shape index (κ1) is 9.92. The van der Waals surface area contributed by atoms with Crippen molar-refractivity contribution in [1.82, 2.24) is 5.43 Å². The zero-order valence-electron chi connectivity index (χ0n) is 7.88. The second-order valence-corrected chi connectivity index (χ2v) is 3.29. The first-order valence-corrected chi connectivity index (χ1v) is 4.66. The predicted octanol–water partition coefficient (Wildman–Crippen LogP) is -0.683. The monoisotopic (exact) mass is 174 g/mol. The average molecular weight is 174 g/mol. The van der Waals surface area contributed by atoms with Crippen LogP contribution >= 0.6 is 0 Å². The molecule has 1 fully saturated rings. The van der Waals surface area contributed by atoms with Crippen LogP contribution in [0.25, 0.3) is 0 Å². The molecule has 0 unspecified atom stereocenters. The number of ether oxygens (including phenoxy) is 1. The molecule has 0 bridgehead atoms. The normalized spacial score (nSPS) is 22.5. The van der Waals surface area contributed by atoms with Crippen LogP contribution in [0.5, 0.6) is 0 Å². The zero-order valence-corrected chi connectivity index (χ0v) is 7.88. The lowest BCUT2D eigenvalue weighted by molar-refractivity contribution is -0.973. The van der Waals surface area contributed by atoms with Gasteiger partial charge in [0.1, 0.15) is 13.1 Å². The topological polar surface area (TPSA) is 47.3 Å². The van der Waals surface area contributed by atoms with Crippen LogP contribution in [-0.2, 0) is 4.74 Å². The summed E-state index contributed by atoms with van der Waals surface area (Å²) in [5, 5.41) is 0. The molecule has 0 aromatic rings. The van der Waals surface area contributed by atoms with Crippen LogP contribution in [0.15, 0.2) is 0 Å². The molecule has 1 saturated heterocycles. The Labute approximate surface area is 74.2 Å². The maximum atomic E-state index is 5.49. The molecule has 12 heavy (non-hydrogen) atoms. The van der Waals surface area contributed by atoms with Crippen LogP contribution in [0.3, 0.4) is 0 Å². The molecule has 0 radical (unpaired) electrons. The van der Waals surface area contributed by atoms with Crippen molar-refractivity contribution in [3.63, 3.8) is 0 Å². The number of rotatable bonds is 4. The van der Waals surface area contributed by atoms with E-state index in [1.807, 2.05) is 7.05 Å². The maximum Gasteiger partial charge on any atom is 0.120 e. The number of hydrogen-bond acceptors (Lipinski definition) is 3. The summed E-state index contributed by atoms with van der Waals surface area (Å²) in [4.78, 5) is 0. The predicted molar refractivity (Wildman–Crippen MR) is 48.4 cm³/mol. The van der Waals surface area contributed by atoms with Crippen LogP contribution < -0.4 is 11.2 Å².